The lowest BCUT2D eigenvalue weighted by Crippen LogP contribution is -2.01. The van der Waals surface area contributed by atoms with Gasteiger partial charge in [-0.2, -0.15) is 0 Å². The summed E-state index contributed by atoms with van der Waals surface area (Å²) in [6.07, 6.45) is 1.04. The average molecular weight is 390 g/mol. The van der Waals surface area contributed by atoms with Crippen LogP contribution in [0, 0.1) is 0 Å². The third-order valence-electron chi connectivity index (χ3n) is 4.65. The number of hydrogen-bond donors (Lipinski definition) is 0. The predicted octanol–water partition coefficient (Wildman–Crippen LogP) is 5.18. The number of carbonyl (C=O) groups is 1. The number of esters is 1. The Bertz CT molecular complexity index is 949. The number of carbonyl (C=O) groups excluding carboxylic acids is 1. The fourth-order valence-corrected chi connectivity index (χ4v) is 3.16. The van der Waals surface area contributed by atoms with Crippen LogP contribution >= 0.6 is 0 Å². The van der Waals surface area contributed by atoms with E-state index in [4.69, 9.17) is 14.2 Å². The molecular formula is C25H26O4. The number of ether oxygens (including phenoxy) is 3. The van der Waals surface area contributed by atoms with Crippen molar-refractivity contribution in [3.8, 4) is 16.9 Å². The molecule has 0 unspecified atom stereocenters. The van der Waals surface area contributed by atoms with Gasteiger partial charge in [-0.05, 0) is 46.4 Å². The summed E-state index contributed by atoms with van der Waals surface area (Å²) in [5.74, 6) is 0.625. The van der Waals surface area contributed by atoms with Gasteiger partial charge in [-0.25, -0.2) is 0 Å². The topological polar surface area (TPSA) is 44.8 Å². The van der Waals surface area contributed by atoms with Crippen molar-refractivity contribution in [3.63, 3.8) is 0 Å². The van der Waals surface area contributed by atoms with Crippen molar-refractivity contribution in [2.45, 2.75) is 26.1 Å². The molecule has 0 bridgehead atoms. The quantitative estimate of drug-likeness (QED) is 0.472. The summed E-state index contributed by atoms with van der Waals surface area (Å²) in [4.78, 5) is 11.4. The summed E-state index contributed by atoms with van der Waals surface area (Å²) in [6.45, 7) is 1.09. The maximum atomic E-state index is 11.4. The molecule has 3 aromatic carbocycles. The van der Waals surface area contributed by atoms with Gasteiger partial charge in [0.2, 0.25) is 0 Å². The molecule has 0 aliphatic heterocycles. The second-order valence-electron chi connectivity index (χ2n) is 6.85. The summed E-state index contributed by atoms with van der Waals surface area (Å²) < 4.78 is 15.9. The zero-order chi connectivity index (χ0) is 20.5. The van der Waals surface area contributed by atoms with E-state index < -0.39 is 0 Å². The lowest BCUT2D eigenvalue weighted by atomic mass is 10.0. The van der Waals surface area contributed by atoms with E-state index >= 15 is 0 Å². The minimum Gasteiger partial charge on any atom is -0.489 e. The normalized spacial score (nSPS) is 10.6. The largest absolute Gasteiger partial charge is 0.489 e. The summed E-state index contributed by atoms with van der Waals surface area (Å²) >= 11 is 0. The maximum Gasteiger partial charge on any atom is 0.305 e. The first-order valence-corrected chi connectivity index (χ1v) is 9.63. The van der Waals surface area contributed by atoms with Gasteiger partial charge in [-0.15, -0.1) is 0 Å². The molecule has 0 spiro atoms. The summed E-state index contributed by atoms with van der Waals surface area (Å²) in [6, 6.07) is 24.5. The molecule has 4 nitrogen and oxygen atoms in total. The fourth-order valence-electron chi connectivity index (χ4n) is 3.16. The van der Waals surface area contributed by atoms with Gasteiger partial charge >= 0.3 is 5.97 Å². The van der Waals surface area contributed by atoms with Gasteiger partial charge in [-0.3, -0.25) is 4.79 Å². The minimum atomic E-state index is -0.194. The van der Waals surface area contributed by atoms with Gasteiger partial charge < -0.3 is 14.2 Å². The van der Waals surface area contributed by atoms with Crippen LogP contribution < -0.4 is 4.74 Å². The van der Waals surface area contributed by atoms with Crippen LogP contribution in [0.25, 0.3) is 11.1 Å². The monoisotopic (exact) mass is 390 g/mol. The van der Waals surface area contributed by atoms with E-state index in [9.17, 15) is 4.79 Å². The van der Waals surface area contributed by atoms with E-state index in [1.807, 2.05) is 48.5 Å². The lowest BCUT2D eigenvalue weighted by Gasteiger charge is -2.10. The van der Waals surface area contributed by atoms with Crippen molar-refractivity contribution in [2.24, 2.45) is 0 Å². The molecule has 0 saturated carbocycles. The van der Waals surface area contributed by atoms with Crippen LogP contribution in [0.2, 0.25) is 0 Å². The van der Waals surface area contributed by atoms with Gasteiger partial charge in [0.15, 0.2) is 0 Å². The second kappa shape index (κ2) is 10.4. The molecule has 0 amide bonds. The van der Waals surface area contributed by atoms with Gasteiger partial charge in [0.25, 0.3) is 0 Å². The van der Waals surface area contributed by atoms with Crippen molar-refractivity contribution in [1.29, 1.82) is 0 Å². The van der Waals surface area contributed by atoms with E-state index in [1.165, 1.54) is 7.11 Å². The Morgan fingerprint density at radius 1 is 0.759 bits per heavy atom. The fraction of sp³-hybridized carbons (Fsp3) is 0.240. The third kappa shape index (κ3) is 6.19. The summed E-state index contributed by atoms with van der Waals surface area (Å²) in [5, 5.41) is 0. The van der Waals surface area contributed by atoms with Crippen LogP contribution in [0.15, 0.2) is 72.8 Å². The Morgan fingerprint density at radius 2 is 1.41 bits per heavy atom. The number of rotatable bonds is 9. The minimum absolute atomic E-state index is 0.194. The van der Waals surface area contributed by atoms with E-state index in [0.717, 1.165) is 33.6 Å². The average Bonchev–Trinajstić information content (AvgIpc) is 2.77. The zero-order valence-corrected chi connectivity index (χ0v) is 16.9. The first-order chi connectivity index (χ1) is 14.2. The van der Waals surface area contributed by atoms with Gasteiger partial charge in [0, 0.05) is 13.5 Å². The van der Waals surface area contributed by atoms with E-state index in [-0.39, 0.29) is 5.97 Å². The van der Waals surface area contributed by atoms with Gasteiger partial charge in [-0.1, -0.05) is 60.7 Å². The summed E-state index contributed by atoms with van der Waals surface area (Å²) in [7, 11) is 3.11. The molecule has 0 N–H and O–H groups in total. The maximum absolute atomic E-state index is 11.4. The molecule has 0 atom stereocenters. The van der Waals surface area contributed by atoms with Crippen LogP contribution in [0.1, 0.15) is 23.1 Å². The van der Waals surface area contributed by atoms with Crippen LogP contribution in [-0.4, -0.2) is 20.2 Å². The van der Waals surface area contributed by atoms with E-state index in [2.05, 4.69) is 24.3 Å². The molecule has 0 aromatic heterocycles. The molecule has 0 aliphatic rings. The molecule has 0 heterocycles. The standard InChI is InChI=1S/C25H26O4/c1-27-17-20-7-3-8-21(14-20)18-29-24-11-5-10-23(16-24)22-9-4-6-19(15-22)12-13-25(26)28-2/h3-11,14-16H,12-13,17-18H2,1-2H3. The summed E-state index contributed by atoms with van der Waals surface area (Å²) in [5.41, 5.74) is 5.52. The van der Waals surface area contributed by atoms with Crippen molar-refractivity contribution in [2.75, 3.05) is 14.2 Å². The Balaban J connectivity index is 1.68. The van der Waals surface area contributed by atoms with Crippen LogP contribution in [-0.2, 0) is 33.9 Å². The Labute approximate surface area is 172 Å². The number of benzene rings is 3. The molecule has 29 heavy (non-hydrogen) atoms. The third-order valence-corrected chi connectivity index (χ3v) is 4.65. The first kappa shape index (κ1) is 20.6. The highest BCUT2D eigenvalue weighted by atomic mass is 16.5. The molecule has 3 rings (SSSR count). The van der Waals surface area contributed by atoms with E-state index in [1.54, 1.807) is 7.11 Å². The van der Waals surface area contributed by atoms with Crippen LogP contribution in [0.5, 0.6) is 5.75 Å². The number of aryl methyl sites for hydroxylation is 1. The van der Waals surface area contributed by atoms with Gasteiger partial charge in [0.1, 0.15) is 12.4 Å². The first-order valence-electron chi connectivity index (χ1n) is 9.63. The number of hydrogen-bond acceptors (Lipinski definition) is 4. The molecule has 150 valence electrons. The Morgan fingerprint density at radius 3 is 2.17 bits per heavy atom. The molecular weight excluding hydrogens is 364 g/mol. The SMILES string of the molecule is COCc1cccc(COc2cccc(-c3cccc(CCC(=O)OC)c3)c2)c1. The molecule has 0 fully saturated rings. The van der Waals surface area contributed by atoms with Crippen molar-refractivity contribution >= 4 is 5.97 Å². The second-order valence-corrected chi connectivity index (χ2v) is 6.85. The lowest BCUT2D eigenvalue weighted by molar-refractivity contribution is -0.140. The van der Waals surface area contributed by atoms with Crippen molar-refractivity contribution in [3.05, 3.63) is 89.5 Å². The highest BCUT2D eigenvalue weighted by Gasteiger charge is 2.05. The highest BCUT2D eigenvalue weighted by Crippen LogP contribution is 2.25. The van der Waals surface area contributed by atoms with Crippen LogP contribution in [0.3, 0.4) is 0 Å². The highest BCUT2D eigenvalue weighted by molar-refractivity contribution is 5.70. The zero-order valence-electron chi connectivity index (χ0n) is 16.9. The Kier molecular flexibility index (Phi) is 7.42. The molecule has 4 heteroatoms. The van der Waals surface area contributed by atoms with Crippen molar-refractivity contribution in [1.82, 2.24) is 0 Å². The smallest absolute Gasteiger partial charge is 0.305 e. The Hall–Kier alpha value is -3.11. The van der Waals surface area contributed by atoms with Gasteiger partial charge in [0.05, 0.1) is 13.7 Å². The number of methoxy groups -OCH3 is 2. The molecule has 0 saturated heterocycles. The molecule has 3 aromatic rings. The van der Waals surface area contributed by atoms with Crippen molar-refractivity contribution < 1.29 is 19.0 Å². The van der Waals surface area contributed by atoms with Crippen LogP contribution in [0.4, 0.5) is 0 Å². The molecule has 0 aliphatic carbocycles. The molecule has 0 radical (unpaired) electrons. The van der Waals surface area contributed by atoms with E-state index in [0.29, 0.717) is 26.1 Å². The predicted molar refractivity (Wildman–Crippen MR) is 114 cm³/mol.